The first-order valence-electron chi connectivity index (χ1n) is 5.96. The molecule has 2 aromatic heterocycles. The molecule has 8 heteroatoms. The number of hydrogen-bond donors (Lipinski definition) is 2. The van der Waals surface area contributed by atoms with E-state index in [0.717, 1.165) is 10.4 Å². The fourth-order valence-electron chi connectivity index (χ4n) is 1.56. The van der Waals surface area contributed by atoms with Gasteiger partial charge in [-0.25, -0.2) is 9.48 Å². The molecule has 0 saturated carbocycles. The summed E-state index contributed by atoms with van der Waals surface area (Å²) in [6.07, 6.45) is 1.33. The van der Waals surface area contributed by atoms with Crippen molar-refractivity contribution in [1.29, 1.82) is 0 Å². The van der Waals surface area contributed by atoms with Crippen LogP contribution in [0.1, 0.15) is 30.6 Å². The van der Waals surface area contributed by atoms with Crippen molar-refractivity contribution in [1.82, 2.24) is 20.3 Å². The number of nitrogens with one attached hydrogen (secondary N) is 1. The van der Waals surface area contributed by atoms with Crippen molar-refractivity contribution in [3.8, 4) is 0 Å². The molecule has 0 aliphatic carbocycles. The van der Waals surface area contributed by atoms with Crippen LogP contribution in [0.2, 0.25) is 0 Å². The topological polar surface area (TPSA) is 97.1 Å². The lowest BCUT2D eigenvalue weighted by atomic mass is 10.3. The van der Waals surface area contributed by atoms with Gasteiger partial charge in [0, 0.05) is 11.4 Å². The first-order valence-corrected chi connectivity index (χ1v) is 6.77. The van der Waals surface area contributed by atoms with E-state index in [1.807, 2.05) is 19.9 Å². The SMILES string of the molecule is Cc1cc(C(=O)NCCn2cc(C(=O)O)nn2)sc1C. The van der Waals surface area contributed by atoms with Gasteiger partial charge in [0.2, 0.25) is 0 Å². The number of carboxylic acid groups (broad SMARTS) is 1. The van der Waals surface area contributed by atoms with E-state index >= 15 is 0 Å². The van der Waals surface area contributed by atoms with Crippen LogP contribution in [0.5, 0.6) is 0 Å². The molecule has 0 spiro atoms. The second-order valence-corrected chi connectivity index (χ2v) is 5.53. The normalized spacial score (nSPS) is 10.5. The number of carboxylic acids is 1. The van der Waals surface area contributed by atoms with E-state index < -0.39 is 5.97 Å². The van der Waals surface area contributed by atoms with Gasteiger partial charge >= 0.3 is 5.97 Å². The maximum Gasteiger partial charge on any atom is 0.358 e. The highest BCUT2D eigenvalue weighted by atomic mass is 32.1. The van der Waals surface area contributed by atoms with Crippen molar-refractivity contribution < 1.29 is 14.7 Å². The highest BCUT2D eigenvalue weighted by molar-refractivity contribution is 7.14. The lowest BCUT2D eigenvalue weighted by Gasteiger charge is -2.02. The third-order valence-electron chi connectivity index (χ3n) is 2.77. The number of aromatic nitrogens is 3. The van der Waals surface area contributed by atoms with Crippen LogP contribution in [0.4, 0.5) is 0 Å². The van der Waals surface area contributed by atoms with E-state index in [1.54, 1.807) is 0 Å². The molecule has 0 atom stereocenters. The molecule has 2 aromatic rings. The Bertz CT molecular complexity index is 627. The largest absolute Gasteiger partial charge is 0.476 e. The number of aromatic carboxylic acids is 1. The van der Waals surface area contributed by atoms with Gasteiger partial charge in [-0.1, -0.05) is 5.21 Å². The maximum absolute atomic E-state index is 11.9. The summed E-state index contributed by atoms with van der Waals surface area (Å²) >= 11 is 1.45. The standard InChI is InChI=1S/C12H14N4O3S/c1-7-5-10(20-8(7)2)11(17)13-3-4-16-6-9(12(18)19)14-15-16/h5-6H,3-4H2,1-2H3,(H,13,17)(H,18,19). The Morgan fingerprint density at radius 2 is 2.20 bits per heavy atom. The number of hydrogen-bond acceptors (Lipinski definition) is 5. The minimum absolute atomic E-state index is 0.110. The van der Waals surface area contributed by atoms with Gasteiger partial charge in [-0.15, -0.1) is 16.4 Å². The third kappa shape index (κ3) is 3.21. The Morgan fingerprint density at radius 1 is 1.45 bits per heavy atom. The van der Waals surface area contributed by atoms with E-state index in [9.17, 15) is 9.59 Å². The highest BCUT2D eigenvalue weighted by Gasteiger charge is 2.11. The van der Waals surface area contributed by atoms with Crippen LogP contribution in [0, 0.1) is 13.8 Å². The Labute approximate surface area is 119 Å². The Kier molecular flexibility index (Phi) is 4.14. The molecular weight excluding hydrogens is 280 g/mol. The monoisotopic (exact) mass is 294 g/mol. The lowest BCUT2D eigenvalue weighted by molar-refractivity contribution is 0.0690. The Hall–Kier alpha value is -2.22. The predicted molar refractivity (Wildman–Crippen MR) is 73.1 cm³/mol. The van der Waals surface area contributed by atoms with Gasteiger partial charge in [-0.2, -0.15) is 0 Å². The van der Waals surface area contributed by atoms with Gasteiger partial charge in [0.15, 0.2) is 5.69 Å². The van der Waals surface area contributed by atoms with Crippen molar-refractivity contribution in [2.75, 3.05) is 6.54 Å². The molecule has 0 radical (unpaired) electrons. The van der Waals surface area contributed by atoms with E-state index in [2.05, 4.69) is 15.6 Å². The van der Waals surface area contributed by atoms with Crippen molar-refractivity contribution >= 4 is 23.2 Å². The molecule has 0 aliphatic heterocycles. The number of aryl methyl sites for hydroxylation is 2. The molecule has 106 valence electrons. The van der Waals surface area contributed by atoms with Crippen LogP contribution in [0.3, 0.4) is 0 Å². The van der Waals surface area contributed by atoms with Crippen LogP contribution in [0.25, 0.3) is 0 Å². The van der Waals surface area contributed by atoms with Gasteiger partial charge in [0.25, 0.3) is 5.91 Å². The van der Waals surface area contributed by atoms with Gasteiger partial charge in [-0.05, 0) is 25.5 Å². The van der Waals surface area contributed by atoms with Crippen molar-refractivity contribution in [3.63, 3.8) is 0 Å². The molecule has 0 aromatic carbocycles. The summed E-state index contributed by atoms with van der Waals surface area (Å²) < 4.78 is 1.38. The second kappa shape index (κ2) is 5.83. The quantitative estimate of drug-likeness (QED) is 0.860. The fourth-order valence-corrected chi connectivity index (χ4v) is 2.51. The first-order chi connectivity index (χ1) is 9.47. The lowest BCUT2D eigenvalue weighted by Crippen LogP contribution is -2.26. The van der Waals surface area contributed by atoms with E-state index in [4.69, 9.17) is 5.11 Å². The minimum Gasteiger partial charge on any atom is -0.476 e. The smallest absolute Gasteiger partial charge is 0.358 e. The number of carbonyl (C=O) groups excluding carboxylic acids is 1. The first kappa shape index (κ1) is 14.2. The van der Waals surface area contributed by atoms with E-state index in [1.165, 1.54) is 22.2 Å². The molecule has 0 unspecified atom stereocenters. The van der Waals surface area contributed by atoms with Crippen molar-refractivity contribution in [3.05, 3.63) is 33.3 Å². The molecule has 0 fully saturated rings. The van der Waals surface area contributed by atoms with Crippen LogP contribution in [0.15, 0.2) is 12.3 Å². The van der Waals surface area contributed by atoms with E-state index in [-0.39, 0.29) is 11.6 Å². The molecule has 1 amide bonds. The van der Waals surface area contributed by atoms with Crippen LogP contribution >= 0.6 is 11.3 Å². The minimum atomic E-state index is -1.12. The summed E-state index contributed by atoms with van der Waals surface area (Å²) in [5.41, 5.74) is 0.989. The van der Waals surface area contributed by atoms with Crippen LogP contribution in [-0.2, 0) is 6.54 Å². The van der Waals surface area contributed by atoms with Crippen molar-refractivity contribution in [2.24, 2.45) is 0 Å². The highest BCUT2D eigenvalue weighted by Crippen LogP contribution is 2.20. The zero-order chi connectivity index (χ0) is 14.7. The molecule has 2 N–H and O–H groups in total. The van der Waals surface area contributed by atoms with Crippen molar-refractivity contribution in [2.45, 2.75) is 20.4 Å². The van der Waals surface area contributed by atoms with Gasteiger partial charge in [0.1, 0.15) is 0 Å². The summed E-state index contributed by atoms with van der Waals surface area (Å²) in [6, 6.07) is 1.85. The number of nitrogens with zero attached hydrogens (tertiary/aromatic N) is 3. The summed E-state index contributed by atoms with van der Waals surface area (Å²) in [4.78, 5) is 24.3. The molecule has 0 saturated heterocycles. The number of amides is 1. The third-order valence-corrected chi connectivity index (χ3v) is 3.93. The zero-order valence-corrected chi connectivity index (χ0v) is 11.9. The average Bonchev–Trinajstić information content (AvgIpc) is 2.98. The average molecular weight is 294 g/mol. The maximum atomic E-state index is 11.9. The molecule has 2 rings (SSSR count). The Balaban J connectivity index is 1.86. The number of carbonyl (C=O) groups is 2. The zero-order valence-electron chi connectivity index (χ0n) is 11.1. The molecular formula is C12H14N4O3S. The number of thiophene rings is 1. The molecule has 2 heterocycles. The van der Waals surface area contributed by atoms with Crippen LogP contribution in [-0.4, -0.2) is 38.5 Å². The van der Waals surface area contributed by atoms with Crippen LogP contribution < -0.4 is 5.32 Å². The summed E-state index contributed by atoms with van der Waals surface area (Å²) in [7, 11) is 0. The summed E-state index contributed by atoms with van der Waals surface area (Å²) in [5.74, 6) is -1.26. The van der Waals surface area contributed by atoms with Gasteiger partial charge < -0.3 is 10.4 Å². The second-order valence-electron chi connectivity index (χ2n) is 4.28. The van der Waals surface area contributed by atoms with Gasteiger partial charge in [0.05, 0.1) is 17.6 Å². The molecule has 7 nitrogen and oxygen atoms in total. The molecule has 0 bridgehead atoms. The number of rotatable bonds is 5. The fraction of sp³-hybridized carbons (Fsp3) is 0.333. The summed E-state index contributed by atoms with van der Waals surface area (Å²) in [5, 5.41) is 18.6. The van der Waals surface area contributed by atoms with Gasteiger partial charge in [-0.3, -0.25) is 4.79 Å². The predicted octanol–water partition coefficient (Wildman–Crippen LogP) is 1.08. The molecule has 20 heavy (non-hydrogen) atoms. The molecule has 0 aliphatic rings. The van der Waals surface area contributed by atoms with E-state index in [0.29, 0.717) is 18.0 Å². The Morgan fingerprint density at radius 3 is 2.75 bits per heavy atom. The summed E-state index contributed by atoms with van der Waals surface area (Å²) in [6.45, 7) is 4.66.